The summed E-state index contributed by atoms with van der Waals surface area (Å²) in [5.74, 6) is 0.412. The minimum Gasteiger partial charge on any atom is -0.350 e. The van der Waals surface area contributed by atoms with Crippen LogP contribution in [0.1, 0.15) is 29.3 Å². The quantitative estimate of drug-likeness (QED) is 0.430. The normalized spacial score (nSPS) is 10.8. The Labute approximate surface area is 188 Å². The number of nitrogens with one attached hydrogen (secondary N) is 2. The minimum atomic E-state index is -0.195. The molecule has 0 saturated heterocycles. The topological polar surface area (TPSA) is 71.8 Å². The summed E-state index contributed by atoms with van der Waals surface area (Å²) < 4.78 is 1.23. The maximum absolute atomic E-state index is 12.2. The van der Waals surface area contributed by atoms with E-state index in [1.54, 1.807) is 31.2 Å². The Kier molecular flexibility index (Phi) is 7.24. The van der Waals surface area contributed by atoms with Crippen molar-refractivity contribution in [1.82, 2.24) is 14.8 Å². The first-order valence-corrected chi connectivity index (χ1v) is 10.2. The predicted molar refractivity (Wildman–Crippen MR) is 119 cm³/mol. The molecule has 3 aromatic rings. The summed E-state index contributed by atoms with van der Waals surface area (Å²) in [6, 6.07) is 10.4. The number of rotatable bonds is 7. The van der Waals surface area contributed by atoms with Crippen LogP contribution in [0.3, 0.4) is 0 Å². The molecule has 0 unspecified atom stereocenters. The Balaban J connectivity index is 1.75. The van der Waals surface area contributed by atoms with Gasteiger partial charge >= 0.3 is 0 Å². The molecular formula is C19H17Cl4N5O. The Morgan fingerprint density at radius 3 is 2.00 bits per heavy atom. The van der Waals surface area contributed by atoms with Crippen molar-refractivity contribution in [1.29, 1.82) is 0 Å². The summed E-state index contributed by atoms with van der Waals surface area (Å²) in [7, 11) is 0. The average Bonchev–Trinajstić information content (AvgIpc) is 3.09. The SMILES string of the molecule is CCC(=O)n1nc(NCc2ccc(Cl)cc2Cl)nc1NCc1ccc(Cl)cc1Cl. The highest BCUT2D eigenvalue weighted by atomic mass is 35.5. The van der Waals surface area contributed by atoms with Gasteiger partial charge in [0.1, 0.15) is 0 Å². The fourth-order valence-electron chi connectivity index (χ4n) is 2.50. The molecule has 0 atom stereocenters. The molecule has 152 valence electrons. The molecule has 10 heteroatoms. The molecule has 0 saturated carbocycles. The number of halogens is 4. The molecule has 0 spiro atoms. The van der Waals surface area contributed by atoms with Crippen LogP contribution >= 0.6 is 46.4 Å². The van der Waals surface area contributed by atoms with Gasteiger partial charge in [-0.1, -0.05) is 65.5 Å². The molecule has 1 heterocycles. The molecule has 0 aliphatic heterocycles. The Hall–Kier alpha value is -1.99. The second-order valence-electron chi connectivity index (χ2n) is 6.10. The fraction of sp³-hybridized carbons (Fsp3) is 0.211. The van der Waals surface area contributed by atoms with Crippen molar-refractivity contribution in [3.63, 3.8) is 0 Å². The standard InChI is InChI=1S/C19H17Cl4N5O/c1-2-17(29)28-19(25-10-12-4-6-14(21)8-16(12)23)26-18(27-28)24-9-11-3-5-13(20)7-15(11)22/h3-8H,2,9-10H2,1H3,(H2,24,25,26,27). The summed E-state index contributed by atoms with van der Waals surface area (Å²) in [6.45, 7) is 2.49. The Bertz CT molecular complexity index is 1040. The second-order valence-corrected chi connectivity index (χ2v) is 7.78. The van der Waals surface area contributed by atoms with Gasteiger partial charge in [-0.05, 0) is 35.4 Å². The number of carbonyl (C=O) groups excluding carboxylic acids is 1. The second kappa shape index (κ2) is 9.67. The summed E-state index contributed by atoms with van der Waals surface area (Å²) in [5.41, 5.74) is 1.65. The smallest absolute Gasteiger partial charge is 0.249 e. The summed E-state index contributed by atoms with van der Waals surface area (Å²) >= 11 is 24.2. The lowest BCUT2D eigenvalue weighted by Crippen LogP contribution is -2.15. The van der Waals surface area contributed by atoms with E-state index < -0.39 is 0 Å². The third kappa shape index (κ3) is 5.54. The van der Waals surface area contributed by atoms with Gasteiger partial charge < -0.3 is 10.6 Å². The van der Waals surface area contributed by atoms with Crippen molar-refractivity contribution in [3.8, 4) is 0 Å². The van der Waals surface area contributed by atoms with Crippen molar-refractivity contribution in [2.24, 2.45) is 0 Å². The number of anilines is 2. The van der Waals surface area contributed by atoms with Crippen molar-refractivity contribution in [2.45, 2.75) is 26.4 Å². The Morgan fingerprint density at radius 2 is 1.48 bits per heavy atom. The highest BCUT2D eigenvalue weighted by molar-refractivity contribution is 6.35. The predicted octanol–water partition coefficient (Wildman–Crippen LogP) is 6.17. The van der Waals surface area contributed by atoms with E-state index in [0.717, 1.165) is 11.1 Å². The molecule has 0 fully saturated rings. The molecule has 1 aromatic heterocycles. The van der Waals surface area contributed by atoms with Gasteiger partial charge in [0.2, 0.25) is 17.8 Å². The lowest BCUT2D eigenvalue weighted by molar-refractivity contribution is 0.0895. The number of hydrogen-bond acceptors (Lipinski definition) is 5. The van der Waals surface area contributed by atoms with E-state index in [4.69, 9.17) is 46.4 Å². The maximum atomic E-state index is 12.2. The summed E-state index contributed by atoms with van der Waals surface area (Å²) in [5, 5.41) is 12.6. The molecule has 29 heavy (non-hydrogen) atoms. The zero-order chi connectivity index (χ0) is 21.0. The van der Waals surface area contributed by atoms with Crippen LogP contribution in [0.15, 0.2) is 36.4 Å². The first-order chi connectivity index (χ1) is 13.9. The average molecular weight is 473 g/mol. The largest absolute Gasteiger partial charge is 0.350 e. The van der Waals surface area contributed by atoms with Gasteiger partial charge in [-0.15, -0.1) is 5.10 Å². The summed E-state index contributed by atoms with van der Waals surface area (Å²) in [6.07, 6.45) is 0.280. The van der Waals surface area contributed by atoms with E-state index in [0.29, 0.717) is 45.1 Å². The van der Waals surface area contributed by atoms with Crippen LogP contribution in [0.5, 0.6) is 0 Å². The van der Waals surface area contributed by atoms with Gasteiger partial charge in [-0.25, -0.2) is 0 Å². The number of hydrogen-bond donors (Lipinski definition) is 2. The fourth-order valence-corrected chi connectivity index (χ4v) is 3.45. The molecule has 0 aliphatic rings. The molecule has 0 radical (unpaired) electrons. The van der Waals surface area contributed by atoms with Crippen LogP contribution in [-0.2, 0) is 13.1 Å². The minimum absolute atomic E-state index is 0.195. The zero-order valence-electron chi connectivity index (χ0n) is 15.3. The maximum Gasteiger partial charge on any atom is 0.249 e. The van der Waals surface area contributed by atoms with Crippen molar-refractivity contribution in [2.75, 3.05) is 10.6 Å². The third-order valence-corrected chi connectivity index (χ3v) is 5.22. The lowest BCUT2D eigenvalue weighted by atomic mass is 10.2. The van der Waals surface area contributed by atoms with Gasteiger partial charge in [0.05, 0.1) is 0 Å². The van der Waals surface area contributed by atoms with E-state index in [1.807, 2.05) is 12.1 Å². The molecule has 6 nitrogen and oxygen atoms in total. The number of carbonyl (C=O) groups is 1. The van der Waals surface area contributed by atoms with Gasteiger partial charge in [-0.2, -0.15) is 9.67 Å². The number of benzene rings is 2. The van der Waals surface area contributed by atoms with E-state index >= 15 is 0 Å². The van der Waals surface area contributed by atoms with Crippen LogP contribution in [0.2, 0.25) is 20.1 Å². The van der Waals surface area contributed by atoms with E-state index in [1.165, 1.54) is 4.68 Å². The van der Waals surface area contributed by atoms with Crippen LogP contribution in [0, 0.1) is 0 Å². The van der Waals surface area contributed by atoms with Gasteiger partial charge in [0.25, 0.3) is 0 Å². The zero-order valence-corrected chi connectivity index (χ0v) is 18.4. The first kappa shape index (κ1) is 21.7. The van der Waals surface area contributed by atoms with Crippen molar-refractivity contribution < 1.29 is 4.79 Å². The van der Waals surface area contributed by atoms with Crippen LogP contribution in [0.4, 0.5) is 11.9 Å². The molecular weight excluding hydrogens is 456 g/mol. The van der Waals surface area contributed by atoms with Gasteiger partial charge in [0.15, 0.2) is 0 Å². The van der Waals surface area contributed by atoms with Crippen LogP contribution in [-0.4, -0.2) is 20.7 Å². The molecule has 2 aromatic carbocycles. The monoisotopic (exact) mass is 471 g/mol. The number of nitrogens with zero attached hydrogens (tertiary/aromatic N) is 3. The van der Waals surface area contributed by atoms with Crippen molar-refractivity contribution >= 4 is 64.2 Å². The van der Waals surface area contributed by atoms with Gasteiger partial charge in [-0.3, -0.25) is 4.79 Å². The highest BCUT2D eigenvalue weighted by Gasteiger charge is 2.15. The molecule has 2 N–H and O–H groups in total. The summed E-state index contributed by atoms with van der Waals surface area (Å²) in [4.78, 5) is 16.6. The lowest BCUT2D eigenvalue weighted by Gasteiger charge is -2.08. The van der Waals surface area contributed by atoms with Crippen LogP contribution < -0.4 is 10.6 Å². The van der Waals surface area contributed by atoms with Gasteiger partial charge in [0, 0.05) is 39.6 Å². The third-order valence-electron chi connectivity index (χ3n) is 4.05. The Morgan fingerprint density at radius 1 is 0.931 bits per heavy atom. The number of aromatic nitrogens is 3. The molecule has 0 aliphatic carbocycles. The van der Waals surface area contributed by atoms with E-state index in [2.05, 4.69) is 20.7 Å². The highest BCUT2D eigenvalue weighted by Crippen LogP contribution is 2.23. The van der Waals surface area contributed by atoms with Crippen molar-refractivity contribution in [3.05, 3.63) is 67.6 Å². The molecule has 0 bridgehead atoms. The van der Waals surface area contributed by atoms with E-state index in [9.17, 15) is 4.79 Å². The van der Waals surface area contributed by atoms with E-state index in [-0.39, 0.29) is 12.3 Å². The van der Waals surface area contributed by atoms with Crippen LogP contribution in [0.25, 0.3) is 0 Å². The first-order valence-electron chi connectivity index (χ1n) is 8.73. The molecule has 0 amide bonds. The molecule has 3 rings (SSSR count).